The number of rotatable bonds is 2. The van der Waals surface area contributed by atoms with Crippen LogP contribution >= 0.6 is 0 Å². The molecule has 0 aliphatic carbocycles. The Balaban J connectivity index is 2.18. The van der Waals surface area contributed by atoms with E-state index in [1.165, 1.54) is 17.5 Å². The summed E-state index contributed by atoms with van der Waals surface area (Å²) < 4.78 is 1.52. The minimum Gasteiger partial charge on any atom is -0.355 e. The third-order valence-electron chi connectivity index (χ3n) is 3.26. The van der Waals surface area contributed by atoms with Crippen LogP contribution in [0.25, 0.3) is 0 Å². The third kappa shape index (κ3) is 2.26. The van der Waals surface area contributed by atoms with Crippen LogP contribution < -0.4 is 10.5 Å². The predicted molar refractivity (Wildman–Crippen MR) is 64.8 cm³/mol. The fraction of sp³-hybridized carbons (Fsp3) is 0.667. The Morgan fingerprint density at radius 3 is 2.69 bits per heavy atom. The second kappa shape index (κ2) is 4.68. The number of aryl methyl sites for hydroxylation is 1. The summed E-state index contributed by atoms with van der Waals surface area (Å²) in [7, 11) is 0. The molecule has 4 heteroatoms. The Kier molecular flexibility index (Phi) is 3.27. The molecule has 1 saturated heterocycles. The summed E-state index contributed by atoms with van der Waals surface area (Å²) in [4.78, 5) is 13.7. The van der Waals surface area contributed by atoms with E-state index < -0.39 is 0 Å². The van der Waals surface area contributed by atoms with Gasteiger partial charge in [-0.3, -0.25) is 4.79 Å². The van der Waals surface area contributed by atoms with Crippen LogP contribution in [0.15, 0.2) is 16.9 Å². The van der Waals surface area contributed by atoms with Gasteiger partial charge in [0.2, 0.25) is 0 Å². The van der Waals surface area contributed by atoms with Crippen molar-refractivity contribution in [2.45, 2.75) is 33.2 Å². The van der Waals surface area contributed by atoms with Crippen LogP contribution in [0.3, 0.4) is 0 Å². The highest BCUT2D eigenvalue weighted by molar-refractivity contribution is 5.36. The number of nitrogens with zero attached hydrogens (tertiary/aromatic N) is 3. The van der Waals surface area contributed by atoms with E-state index in [1.807, 2.05) is 13.0 Å². The second-order valence-electron chi connectivity index (χ2n) is 4.52. The first-order valence-electron chi connectivity index (χ1n) is 6.04. The molecule has 1 aromatic rings. The van der Waals surface area contributed by atoms with Crippen LogP contribution in [0.4, 0.5) is 5.82 Å². The van der Waals surface area contributed by atoms with Gasteiger partial charge < -0.3 is 4.90 Å². The molecule has 0 atom stereocenters. The van der Waals surface area contributed by atoms with Gasteiger partial charge >= 0.3 is 0 Å². The van der Waals surface area contributed by atoms with Crippen molar-refractivity contribution in [2.75, 3.05) is 18.0 Å². The molecule has 16 heavy (non-hydrogen) atoms. The topological polar surface area (TPSA) is 38.1 Å². The third-order valence-corrected chi connectivity index (χ3v) is 3.26. The van der Waals surface area contributed by atoms with Gasteiger partial charge in [-0.25, -0.2) is 4.68 Å². The Labute approximate surface area is 95.9 Å². The summed E-state index contributed by atoms with van der Waals surface area (Å²) in [6.45, 7) is 6.97. The molecule has 0 amide bonds. The summed E-state index contributed by atoms with van der Waals surface area (Å²) in [5.74, 6) is 1.75. The van der Waals surface area contributed by atoms with E-state index in [9.17, 15) is 4.79 Å². The Morgan fingerprint density at radius 2 is 2.06 bits per heavy atom. The highest BCUT2D eigenvalue weighted by Gasteiger charge is 2.17. The summed E-state index contributed by atoms with van der Waals surface area (Å²) in [5.41, 5.74) is -0.0170. The van der Waals surface area contributed by atoms with Crippen LogP contribution in [0, 0.1) is 5.92 Å². The summed E-state index contributed by atoms with van der Waals surface area (Å²) in [5, 5.41) is 4.37. The first kappa shape index (κ1) is 11.2. The number of hydrogen-bond acceptors (Lipinski definition) is 3. The maximum Gasteiger partial charge on any atom is 0.266 e. The van der Waals surface area contributed by atoms with Crippen LogP contribution in [0.1, 0.15) is 26.7 Å². The zero-order valence-corrected chi connectivity index (χ0v) is 10.0. The zero-order chi connectivity index (χ0) is 11.5. The summed E-state index contributed by atoms with van der Waals surface area (Å²) in [6.07, 6.45) is 2.43. The number of aromatic nitrogens is 2. The maximum absolute atomic E-state index is 11.4. The van der Waals surface area contributed by atoms with Crippen molar-refractivity contribution < 1.29 is 0 Å². The number of piperidine rings is 1. The van der Waals surface area contributed by atoms with Gasteiger partial charge in [0.05, 0.1) is 0 Å². The molecular formula is C12H19N3O. The van der Waals surface area contributed by atoms with E-state index in [1.54, 1.807) is 6.07 Å². The van der Waals surface area contributed by atoms with Gasteiger partial charge in [-0.05, 0) is 31.7 Å². The largest absolute Gasteiger partial charge is 0.355 e. The molecule has 2 rings (SSSR count). The lowest BCUT2D eigenvalue weighted by atomic mass is 9.99. The van der Waals surface area contributed by atoms with Crippen LogP contribution in [-0.4, -0.2) is 22.9 Å². The smallest absolute Gasteiger partial charge is 0.266 e. The highest BCUT2D eigenvalue weighted by Crippen LogP contribution is 2.20. The summed E-state index contributed by atoms with van der Waals surface area (Å²) >= 11 is 0. The predicted octanol–water partition coefficient (Wildman–Crippen LogP) is 1.50. The van der Waals surface area contributed by atoms with Gasteiger partial charge in [0, 0.05) is 25.7 Å². The molecule has 2 heterocycles. The van der Waals surface area contributed by atoms with Gasteiger partial charge in [-0.2, -0.15) is 5.10 Å². The minimum absolute atomic E-state index is 0.0170. The van der Waals surface area contributed by atoms with E-state index in [0.29, 0.717) is 6.54 Å². The first-order valence-corrected chi connectivity index (χ1v) is 6.04. The molecule has 0 bridgehead atoms. The van der Waals surface area contributed by atoms with Gasteiger partial charge in [0.15, 0.2) is 0 Å². The van der Waals surface area contributed by atoms with Crippen molar-refractivity contribution in [1.82, 2.24) is 9.78 Å². The normalized spacial score (nSPS) is 17.8. The van der Waals surface area contributed by atoms with Crippen molar-refractivity contribution >= 4 is 5.82 Å². The fourth-order valence-electron chi connectivity index (χ4n) is 2.07. The number of hydrogen-bond donors (Lipinski definition) is 0. The van der Waals surface area contributed by atoms with Gasteiger partial charge in [0.1, 0.15) is 5.82 Å². The van der Waals surface area contributed by atoms with Crippen LogP contribution in [-0.2, 0) is 6.54 Å². The van der Waals surface area contributed by atoms with Crippen molar-refractivity contribution in [1.29, 1.82) is 0 Å². The van der Waals surface area contributed by atoms with Gasteiger partial charge in [-0.15, -0.1) is 0 Å². The lowest BCUT2D eigenvalue weighted by Gasteiger charge is -2.31. The highest BCUT2D eigenvalue weighted by atomic mass is 16.1. The minimum atomic E-state index is -0.0170. The Morgan fingerprint density at radius 1 is 1.38 bits per heavy atom. The molecule has 0 spiro atoms. The zero-order valence-electron chi connectivity index (χ0n) is 10.0. The quantitative estimate of drug-likeness (QED) is 0.759. The average molecular weight is 221 g/mol. The fourth-order valence-corrected chi connectivity index (χ4v) is 2.07. The summed E-state index contributed by atoms with van der Waals surface area (Å²) in [6, 6.07) is 3.45. The van der Waals surface area contributed by atoms with E-state index in [0.717, 1.165) is 24.8 Å². The van der Waals surface area contributed by atoms with E-state index >= 15 is 0 Å². The molecule has 0 radical (unpaired) electrons. The Bertz CT molecular complexity index is 405. The molecule has 1 aliphatic rings. The van der Waals surface area contributed by atoms with Crippen molar-refractivity contribution in [3.63, 3.8) is 0 Å². The van der Waals surface area contributed by atoms with Gasteiger partial charge in [0.25, 0.3) is 5.56 Å². The molecule has 0 unspecified atom stereocenters. The standard InChI is InChI=1S/C12H19N3O/c1-3-15-12(16)5-4-11(13-15)14-8-6-10(2)7-9-14/h4-5,10H,3,6-9H2,1-2H3. The monoisotopic (exact) mass is 221 g/mol. The molecule has 0 aromatic carbocycles. The van der Waals surface area contributed by atoms with E-state index in [4.69, 9.17) is 0 Å². The molecule has 88 valence electrons. The van der Waals surface area contributed by atoms with Crippen molar-refractivity contribution in [2.24, 2.45) is 5.92 Å². The molecular weight excluding hydrogens is 202 g/mol. The van der Waals surface area contributed by atoms with Crippen molar-refractivity contribution in [3.05, 3.63) is 22.5 Å². The lowest BCUT2D eigenvalue weighted by Crippen LogP contribution is -2.35. The van der Waals surface area contributed by atoms with Crippen LogP contribution in [0.5, 0.6) is 0 Å². The second-order valence-corrected chi connectivity index (χ2v) is 4.52. The van der Waals surface area contributed by atoms with Crippen molar-refractivity contribution in [3.8, 4) is 0 Å². The molecule has 1 fully saturated rings. The van der Waals surface area contributed by atoms with Gasteiger partial charge in [-0.1, -0.05) is 6.92 Å². The molecule has 1 aliphatic heterocycles. The lowest BCUT2D eigenvalue weighted by molar-refractivity contribution is 0.433. The van der Waals surface area contributed by atoms with E-state index in [-0.39, 0.29) is 5.56 Å². The number of anilines is 1. The maximum atomic E-state index is 11.4. The first-order chi connectivity index (χ1) is 7.70. The van der Waals surface area contributed by atoms with Crippen LogP contribution in [0.2, 0.25) is 0 Å². The molecule has 0 saturated carbocycles. The molecule has 0 N–H and O–H groups in total. The SMILES string of the molecule is CCn1nc(N2CCC(C)CC2)ccc1=O. The molecule has 4 nitrogen and oxygen atoms in total. The van der Waals surface area contributed by atoms with E-state index in [2.05, 4.69) is 16.9 Å². The Hall–Kier alpha value is -1.32. The molecule has 1 aromatic heterocycles. The average Bonchev–Trinajstić information content (AvgIpc) is 2.31.